The number of pyridine rings is 1. The van der Waals surface area contributed by atoms with Crippen molar-refractivity contribution in [3.8, 4) is 5.82 Å². The van der Waals surface area contributed by atoms with Crippen LogP contribution in [0.3, 0.4) is 0 Å². The summed E-state index contributed by atoms with van der Waals surface area (Å²) in [5.41, 5.74) is 6.37. The number of rotatable bonds is 5. The fourth-order valence-electron chi connectivity index (χ4n) is 1.36. The molecule has 6 nitrogen and oxygen atoms in total. The molecular weight excluding hydrogens is 204 g/mol. The summed E-state index contributed by atoms with van der Waals surface area (Å²) in [4.78, 5) is 8.17. The second-order valence-corrected chi connectivity index (χ2v) is 3.28. The van der Waals surface area contributed by atoms with Crippen molar-refractivity contribution in [2.45, 2.75) is 6.42 Å². The maximum Gasteiger partial charge on any atom is 0.178 e. The maximum absolute atomic E-state index is 5.44. The van der Waals surface area contributed by atoms with Gasteiger partial charge in [-0.05, 0) is 25.1 Å². The van der Waals surface area contributed by atoms with Crippen LogP contribution in [0.15, 0.2) is 31.0 Å². The third-order valence-corrected chi connectivity index (χ3v) is 2.12. The highest BCUT2D eigenvalue weighted by Crippen LogP contribution is 2.15. The molecule has 0 aliphatic rings. The zero-order chi connectivity index (χ0) is 11.2. The summed E-state index contributed by atoms with van der Waals surface area (Å²) >= 11 is 0. The molecule has 3 N–H and O–H groups in total. The number of anilines is 1. The summed E-state index contributed by atoms with van der Waals surface area (Å²) in [6.07, 6.45) is 5.76. The number of hydrogen-bond acceptors (Lipinski definition) is 5. The van der Waals surface area contributed by atoms with Gasteiger partial charge in [0.05, 0.1) is 5.69 Å². The Labute approximate surface area is 93.5 Å². The van der Waals surface area contributed by atoms with Crippen LogP contribution in [-0.4, -0.2) is 32.8 Å². The van der Waals surface area contributed by atoms with Crippen LogP contribution in [-0.2, 0) is 0 Å². The van der Waals surface area contributed by atoms with Gasteiger partial charge in [-0.3, -0.25) is 0 Å². The second-order valence-electron chi connectivity index (χ2n) is 3.28. The molecule has 0 unspecified atom stereocenters. The molecule has 0 spiro atoms. The molecule has 16 heavy (non-hydrogen) atoms. The van der Waals surface area contributed by atoms with Crippen molar-refractivity contribution in [2.75, 3.05) is 18.4 Å². The van der Waals surface area contributed by atoms with E-state index in [1.165, 1.54) is 6.33 Å². The minimum Gasteiger partial charge on any atom is -0.382 e. The van der Waals surface area contributed by atoms with Crippen molar-refractivity contribution >= 4 is 5.69 Å². The van der Waals surface area contributed by atoms with Crippen LogP contribution in [0, 0.1) is 0 Å². The number of aromatic nitrogens is 4. The molecule has 0 aliphatic heterocycles. The van der Waals surface area contributed by atoms with Gasteiger partial charge in [-0.1, -0.05) is 0 Å². The largest absolute Gasteiger partial charge is 0.382 e. The van der Waals surface area contributed by atoms with Crippen molar-refractivity contribution in [2.24, 2.45) is 5.73 Å². The Bertz CT molecular complexity index is 425. The van der Waals surface area contributed by atoms with Gasteiger partial charge in [0.15, 0.2) is 5.82 Å². The molecule has 2 rings (SSSR count). The molecule has 0 radical (unpaired) electrons. The lowest BCUT2D eigenvalue weighted by Crippen LogP contribution is -2.11. The molecule has 0 atom stereocenters. The van der Waals surface area contributed by atoms with Gasteiger partial charge in [-0.25, -0.2) is 14.6 Å². The summed E-state index contributed by atoms with van der Waals surface area (Å²) in [6.45, 7) is 1.50. The van der Waals surface area contributed by atoms with E-state index >= 15 is 0 Å². The van der Waals surface area contributed by atoms with E-state index in [-0.39, 0.29) is 0 Å². The smallest absolute Gasteiger partial charge is 0.178 e. The van der Waals surface area contributed by atoms with E-state index < -0.39 is 0 Å². The molecule has 0 saturated heterocycles. The summed E-state index contributed by atoms with van der Waals surface area (Å²) in [7, 11) is 0. The Morgan fingerprint density at radius 1 is 1.44 bits per heavy atom. The Balaban J connectivity index is 2.18. The first kappa shape index (κ1) is 10.6. The normalized spacial score (nSPS) is 10.3. The van der Waals surface area contributed by atoms with E-state index in [1.807, 2.05) is 12.1 Å². The summed E-state index contributed by atoms with van der Waals surface area (Å²) in [5.74, 6) is 0.747. The van der Waals surface area contributed by atoms with E-state index in [0.29, 0.717) is 6.54 Å². The van der Waals surface area contributed by atoms with Gasteiger partial charge < -0.3 is 11.1 Å². The van der Waals surface area contributed by atoms with Gasteiger partial charge in [0.2, 0.25) is 0 Å². The lowest BCUT2D eigenvalue weighted by molar-refractivity contribution is 0.835. The van der Waals surface area contributed by atoms with Gasteiger partial charge in [0, 0.05) is 12.7 Å². The van der Waals surface area contributed by atoms with Crippen LogP contribution in [0.1, 0.15) is 6.42 Å². The van der Waals surface area contributed by atoms with Crippen LogP contribution in [0.25, 0.3) is 5.82 Å². The third-order valence-electron chi connectivity index (χ3n) is 2.12. The van der Waals surface area contributed by atoms with Gasteiger partial charge in [0.1, 0.15) is 12.7 Å². The fraction of sp³-hybridized carbons (Fsp3) is 0.300. The molecule has 0 bridgehead atoms. The predicted octanol–water partition coefficient (Wildman–Crippen LogP) is 0.423. The quantitative estimate of drug-likeness (QED) is 0.711. The van der Waals surface area contributed by atoms with E-state index in [9.17, 15) is 0 Å². The highest BCUT2D eigenvalue weighted by Gasteiger charge is 2.04. The van der Waals surface area contributed by atoms with Gasteiger partial charge in [0.25, 0.3) is 0 Å². The van der Waals surface area contributed by atoms with Crippen molar-refractivity contribution in [1.82, 2.24) is 19.7 Å². The van der Waals surface area contributed by atoms with Crippen molar-refractivity contribution in [1.29, 1.82) is 0 Å². The van der Waals surface area contributed by atoms with E-state index in [0.717, 1.165) is 24.5 Å². The fourth-order valence-corrected chi connectivity index (χ4v) is 1.36. The minimum absolute atomic E-state index is 0.673. The first-order chi connectivity index (χ1) is 7.92. The van der Waals surface area contributed by atoms with E-state index in [2.05, 4.69) is 20.4 Å². The van der Waals surface area contributed by atoms with Crippen LogP contribution >= 0.6 is 0 Å². The van der Waals surface area contributed by atoms with Crippen LogP contribution in [0.2, 0.25) is 0 Å². The first-order valence-corrected chi connectivity index (χ1v) is 5.16. The zero-order valence-corrected chi connectivity index (χ0v) is 8.87. The van der Waals surface area contributed by atoms with E-state index in [4.69, 9.17) is 5.73 Å². The van der Waals surface area contributed by atoms with Gasteiger partial charge >= 0.3 is 0 Å². The average Bonchev–Trinajstić information content (AvgIpc) is 2.83. The molecule has 2 aromatic rings. The number of nitrogens with zero attached hydrogens (tertiary/aromatic N) is 4. The highest BCUT2D eigenvalue weighted by molar-refractivity contribution is 5.55. The standard InChI is InChI=1S/C10H14N6/c11-4-2-6-13-9-3-1-5-14-10(9)16-8-12-7-15-16/h1,3,5,7-8,13H,2,4,6,11H2. The molecule has 2 aromatic heterocycles. The monoisotopic (exact) mass is 218 g/mol. The number of nitrogens with one attached hydrogen (secondary N) is 1. The lowest BCUT2D eigenvalue weighted by Gasteiger charge is -2.09. The summed E-state index contributed by atoms with van der Waals surface area (Å²) in [5, 5.41) is 7.33. The molecule has 6 heteroatoms. The van der Waals surface area contributed by atoms with E-state index in [1.54, 1.807) is 17.2 Å². The van der Waals surface area contributed by atoms with Crippen LogP contribution < -0.4 is 11.1 Å². The van der Waals surface area contributed by atoms with Crippen molar-refractivity contribution in [3.63, 3.8) is 0 Å². The predicted molar refractivity (Wildman–Crippen MR) is 61.3 cm³/mol. The number of hydrogen-bond donors (Lipinski definition) is 2. The minimum atomic E-state index is 0.673. The summed E-state index contributed by atoms with van der Waals surface area (Å²) < 4.78 is 1.63. The Morgan fingerprint density at radius 3 is 3.12 bits per heavy atom. The Kier molecular flexibility index (Phi) is 3.45. The second kappa shape index (κ2) is 5.22. The Morgan fingerprint density at radius 2 is 2.38 bits per heavy atom. The molecule has 0 aliphatic carbocycles. The van der Waals surface area contributed by atoms with Gasteiger partial charge in [-0.15, -0.1) is 0 Å². The van der Waals surface area contributed by atoms with Crippen LogP contribution in [0.4, 0.5) is 5.69 Å². The van der Waals surface area contributed by atoms with Gasteiger partial charge in [-0.2, -0.15) is 5.10 Å². The first-order valence-electron chi connectivity index (χ1n) is 5.16. The third kappa shape index (κ3) is 2.34. The summed E-state index contributed by atoms with van der Waals surface area (Å²) in [6, 6.07) is 3.84. The highest BCUT2D eigenvalue weighted by atomic mass is 15.3. The maximum atomic E-state index is 5.44. The topological polar surface area (TPSA) is 81.6 Å². The molecule has 0 fully saturated rings. The SMILES string of the molecule is NCCCNc1cccnc1-n1cncn1. The molecule has 84 valence electrons. The molecule has 2 heterocycles. The van der Waals surface area contributed by atoms with Crippen molar-refractivity contribution in [3.05, 3.63) is 31.0 Å². The Hall–Kier alpha value is -1.95. The van der Waals surface area contributed by atoms with Crippen LogP contribution in [0.5, 0.6) is 0 Å². The number of nitrogens with two attached hydrogens (primary N) is 1. The van der Waals surface area contributed by atoms with Crippen molar-refractivity contribution < 1.29 is 0 Å². The molecule has 0 amide bonds. The lowest BCUT2D eigenvalue weighted by atomic mass is 10.3. The zero-order valence-electron chi connectivity index (χ0n) is 8.87. The molecule has 0 saturated carbocycles. The molecular formula is C10H14N6. The molecule has 0 aromatic carbocycles. The average molecular weight is 218 g/mol.